The van der Waals surface area contributed by atoms with Crippen molar-refractivity contribution in [1.82, 2.24) is 4.90 Å². The highest BCUT2D eigenvalue weighted by atomic mass is 28.3. The van der Waals surface area contributed by atoms with E-state index in [2.05, 4.69) is 30.1 Å². The van der Waals surface area contributed by atoms with Crippen molar-refractivity contribution in [2.45, 2.75) is 44.4 Å². The first-order valence-corrected chi connectivity index (χ1v) is 9.94. The van der Waals surface area contributed by atoms with Crippen molar-refractivity contribution in [1.29, 1.82) is 0 Å². The molecule has 1 fully saturated rings. The summed E-state index contributed by atoms with van der Waals surface area (Å²) >= 11 is 0. The van der Waals surface area contributed by atoms with E-state index < -0.39 is 8.07 Å². The maximum absolute atomic E-state index is 12.3. The van der Waals surface area contributed by atoms with Gasteiger partial charge in [-0.05, 0) is 31.4 Å². The average Bonchev–Trinajstić information content (AvgIpc) is 2.29. The molecule has 0 spiro atoms. The zero-order chi connectivity index (χ0) is 11.6. The number of carbonyl (C=O) groups excluding carboxylic acids is 1. The van der Waals surface area contributed by atoms with Crippen LogP contribution in [-0.4, -0.2) is 32.0 Å². The SMILES string of the molecule is C[Si]1(C)CCN(C(=O)C2CC=CCC2)CC1. The van der Waals surface area contributed by atoms with E-state index in [0.717, 1.165) is 32.4 Å². The molecule has 1 amide bonds. The molecule has 1 saturated heterocycles. The number of rotatable bonds is 1. The Morgan fingerprint density at radius 2 is 1.94 bits per heavy atom. The molecule has 90 valence electrons. The maximum atomic E-state index is 12.3. The van der Waals surface area contributed by atoms with Crippen molar-refractivity contribution in [2.75, 3.05) is 13.1 Å². The standard InChI is InChI=1S/C13H23NOSi/c1-16(2)10-8-14(9-11-16)13(15)12-6-4-3-5-7-12/h3-4,12H,5-11H2,1-2H3. The molecule has 1 unspecified atom stereocenters. The predicted molar refractivity (Wildman–Crippen MR) is 70.2 cm³/mol. The molecule has 1 aliphatic carbocycles. The van der Waals surface area contributed by atoms with Gasteiger partial charge in [-0.25, -0.2) is 0 Å². The molecular formula is C13H23NOSi. The largest absolute Gasteiger partial charge is 0.343 e. The molecule has 2 nitrogen and oxygen atoms in total. The number of nitrogens with zero attached hydrogens (tertiary/aromatic N) is 1. The number of amides is 1. The summed E-state index contributed by atoms with van der Waals surface area (Å²) in [6.07, 6.45) is 7.50. The van der Waals surface area contributed by atoms with Crippen molar-refractivity contribution in [2.24, 2.45) is 5.92 Å². The molecule has 0 aromatic heterocycles. The lowest BCUT2D eigenvalue weighted by atomic mass is 9.93. The molecule has 1 aliphatic heterocycles. The van der Waals surface area contributed by atoms with Gasteiger partial charge in [-0.2, -0.15) is 0 Å². The Kier molecular flexibility index (Phi) is 3.52. The van der Waals surface area contributed by atoms with E-state index in [4.69, 9.17) is 0 Å². The van der Waals surface area contributed by atoms with E-state index in [1.807, 2.05) is 0 Å². The zero-order valence-corrected chi connectivity index (χ0v) is 11.5. The van der Waals surface area contributed by atoms with E-state index in [-0.39, 0.29) is 5.92 Å². The number of hydrogen-bond acceptors (Lipinski definition) is 1. The van der Waals surface area contributed by atoms with Gasteiger partial charge in [0.15, 0.2) is 0 Å². The van der Waals surface area contributed by atoms with Gasteiger partial charge in [0, 0.05) is 19.0 Å². The lowest BCUT2D eigenvalue weighted by molar-refractivity contribution is -0.135. The van der Waals surface area contributed by atoms with Crippen LogP contribution in [0.3, 0.4) is 0 Å². The van der Waals surface area contributed by atoms with Gasteiger partial charge in [0.2, 0.25) is 5.91 Å². The first-order valence-electron chi connectivity index (χ1n) is 6.52. The first-order chi connectivity index (χ1) is 7.58. The summed E-state index contributed by atoms with van der Waals surface area (Å²) in [4.78, 5) is 14.4. The third-order valence-corrected chi connectivity index (χ3v) is 7.20. The van der Waals surface area contributed by atoms with Gasteiger partial charge in [0.25, 0.3) is 0 Å². The third kappa shape index (κ3) is 2.76. The minimum absolute atomic E-state index is 0.285. The van der Waals surface area contributed by atoms with E-state index in [1.54, 1.807) is 0 Å². The molecule has 2 rings (SSSR count). The van der Waals surface area contributed by atoms with Crippen LogP contribution in [0, 0.1) is 5.92 Å². The van der Waals surface area contributed by atoms with Crippen LogP contribution in [0.2, 0.25) is 25.2 Å². The van der Waals surface area contributed by atoms with Crippen LogP contribution in [-0.2, 0) is 4.79 Å². The molecule has 1 atom stereocenters. The van der Waals surface area contributed by atoms with Gasteiger partial charge in [-0.1, -0.05) is 25.2 Å². The summed E-state index contributed by atoms with van der Waals surface area (Å²) in [7, 11) is -0.935. The first kappa shape index (κ1) is 11.9. The average molecular weight is 237 g/mol. The minimum Gasteiger partial charge on any atom is -0.343 e. The molecule has 0 bridgehead atoms. The van der Waals surface area contributed by atoms with Crippen molar-refractivity contribution in [3.63, 3.8) is 0 Å². The lowest BCUT2D eigenvalue weighted by Crippen LogP contribution is -2.47. The van der Waals surface area contributed by atoms with Gasteiger partial charge < -0.3 is 4.90 Å². The Labute approximate surface area is 99.7 Å². The van der Waals surface area contributed by atoms with Crippen LogP contribution in [0.4, 0.5) is 0 Å². The Morgan fingerprint density at radius 1 is 1.25 bits per heavy atom. The van der Waals surface area contributed by atoms with Gasteiger partial charge >= 0.3 is 0 Å². The van der Waals surface area contributed by atoms with Crippen LogP contribution < -0.4 is 0 Å². The Balaban J connectivity index is 1.89. The van der Waals surface area contributed by atoms with Crippen LogP contribution >= 0.6 is 0 Å². The highest BCUT2D eigenvalue weighted by Gasteiger charge is 2.32. The minimum atomic E-state index is -0.935. The predicted octanol–water partition coefficient (Wildman–Crippen LogP) is 2.89. The molecule has 16 heavy (non-hydrogen) atoms. The van der Waals surface area contributed by atoms with E-state index in [1.165, 1.54) is 12.1 Å². The normalized spacial score (nSPS) is 29.1. The summed E-state index contributed by atoms with van der Waals surface area (Å²) in [5, 5.41) is 0. The van der Waals surface area contributed by atoms with Crippen LogP contribution in [0.25, 0.3) is 0 Å². The van der Waals surface area contributed by atoms with Crippen molar-refractivity contribution in [3.8, 4) is 0 Å². The fraction of sp³-hybridized carbons (Fsp3) is 0.769. The smallest absolute Gasteiger partial charge is 0.225 e. The molecule has 1 heterocycles. The second kappa shape index (κ2) is 4.74. The van der Waals surface area contributed by atoms with Crippen LogP contribution in [0.15, 0.2) is 12.2 Å². The van der Waals surface area contributed by atoms with E-state index in [9.17, 15) is 4.79 Å². The maximum Gasteiger partial charge on any atom is 0.225 e. The number of hydrogen-bond donors (Lipinski definition) is 0. The summed E-state index contributed by atoms with van der Waals surface area (Å²) in [6, 6.07) is 2.59. The van der Waals surface area contributed by atoms with Gasteiger partial charge in [0.05, 0.1) is 8.07 Å². The molecule has 0 saturated carbocycles. The summed E-state index contributed by atoms with van der Waals surface area (Å²) in [5.41, 5.74) is 0. The van der Waals surface area contributed by atoms with Crippen molar-refractivity contribution < 1.29 is 4.79 Å². The van der Waals surface area contributed by atoms with E-state index >= 15 is 0 Å². The fourth-order valence-electron chi connectivity index (χ4n) is 2.61. The highest BCUT2D eigenvalue weighted by molar-refractivity contribution is 6.77. The molecule has 0 aromatic carbocycles. The van der Waals surface area contributed by atoms with E-state index in [0.29, 0.717) is 5.91 Å². The molecular weight excluding hydrogens is 214 g/mol. The summed E-state index contributed by atoms with van der Waals surface area (Å²) in [6.45, 7) is 6.94. The highest BCUT2D eigenvalue weighted by Crippen LogP contribution is 2.26. The second-order valence-electron chi connectivity index (χ2n) is 5.97. The molecule has 0 N–H and O–H groups in total. The topological polar surface area (TPSA) is 20.3 Å². The molecule has 0 radical (unpaired) electrons. The zero-order valence-electron chi connectivity index (χ0n) is 10.5. The van der Waals surface area contributed by atoms with Crippen molar-refractivity contribution >= 4 is 14.0 Å². The Morgan fingerprint density at radius 3 is 2.50 bits per heavy atom. The van der Waals surface area contributed by atoms with Crippen LogP contribution in [0.1, 0.15) is 19.3 Å². The van der Waals surface area contributed by atoms with Gasteiger partial charge in [-0.3, -0.25) is 4.79 Å². The van der Waals surface area contributed by atoms with Crippen molar-refractivity contribution in [3.05, 3.63) is 12.2 Å². The van der Waals surface area contributed by atoms with Gasteiger partial charge in [0.1, 0.15) is 0 Å². The monoisotopic (exact) mass is 237 g/mol. The lowest BCUT2D eigenvalue weighted by Gasteiger charge is -2.37. The third-order valence-electron chi connectivity index (χ3n) is 4.05. The Hall–Kier alpha value is -0.573. The number of allylic oxidation sites excluding steroid dienone is 2. The molecule has 3 heteroatoms. The number of carbonyl (C=O) groups is 1. The fourth-order valence-corrected chi connectivity index (χ4v) is 4.61. The second-order valence-corrected chi connectivity index (χ2v) is 11.3. The quantitative estimate of drug-likeness (QED) is 0.507. The summed E-state index contributed by atoms with van der Waals surface area (Å²) in [5.74, 6) is 0.710. The van der Waals surface area contributed by atoms with Gasteiger partial charge in [-0.15, -0.1) is 0 Å². The molecule has 2 aliphatic rings. The van der Waals surface area contributed by atoms with Crippen LogP contribution in [0.5, 0.6) is 0 Å². The summed E-state index contributed by atoms with van der Waals surface area (Å²) < 4.78 is 0. The molecule has 0 aromatic rings. The Bertz CT molecular complexity index is 288.